The number of nitrogen functional groups attached to an aromatic ring is 1. The lowest BCUT2D eigenvalue weighted by Gasteiger charge is -2.28. The summed E-state index contributed by atoms with van der Waals surface area (Å²) in [4.78, 5) is 15.7. The van der Waals surface area contributed by atoms with Crippen molar-refractivity contribution in [2.75, 3.05) is 18.9 Å². The fourth-order valence-electron chi connectivity index (χ4n) is 3.71. The predicted molar refractivity (Wildman–Crippen MR) is 96.4 cm³/mol. The molecule has 0 amide bonds. The van der Waals surface area contributed by atoms with E-state index >= 15 is 0 Å². The number of rotatable bonds is 4. The molecule has 0 saturated carbocycles. The van der Waals surface area contributed by atoms with Crippen LogP contribution in [0.1, 0.15) is 32.6 Å². The summed E-state index contributed by atoms with van der Waals surface area (Å²) in [5.74, 6) is -0.647. The lowest BCUT2D eigenvalue weighted by atomic mass is 9.96. The lowest BCUT2D eigenvalue weighted by Crippen LogP contribution is -2.46. The standard InChI is InChI=1S/C18H21N5O6/c1-4-25-16(24)26-8-18(7-19)14-13(27-17(2,3)29-14)12(28-18)10-5-6-11-15(20)21-9-22-23(10)11/h5-6,9,12-14H,4,8H2,1-3H3,(H2,20,21,22)/t12-,13-,14-,18+/m0/s1. The molecule has 4 heterocycles. The van der Waals surface area contributed by atoms with Crippen molar-refractivity contribution in [3.63, 3.8) is 0 Å². The van der Waals surface area contributed by atoms with Gasteiger partial charge in [0.25, 0.3) is 0 Å². The quantitative estimate of drug-likeness (QED) is 0.743. The van der Waals surface area contributed by atoms with Gasteiger partial charge in [-0.1, -0.05) is 0 Å². The first-order valence-electron chi connectivity index (χ1n) is 9.12. The highest BCUT2D eigenvalue weighted by Crippen LogP contribution is 2.50. The number of hydrogen-bond acceptors (Lipinski definition) is 10. The number of nitrogens with zero attached hydrogens (tertiary/aromatic N) is 4. The van der Waals surface area contributed by atoms with Gasteiger partial charge in [-0.05, 0) is 32.9 Å². The Hall–Kier alpha value is -2.94. The molecular formula is C18H21N5O6. The Kier molecular flexibility index (Phi) is 4.57. The van der Waals surface area contributed by atoms with E-state index < -0.39 is 35.9 Å². The minimum atomic E-state index is -1.58. The highest BCUT2D eigenvalue weighted by Gasteiger charge is 2.65. The van der Waals surface area contributed by atoms with E-state index in [1.165, 1.54) is 6.33 Å². The van der Waals surface area contributed by atoms with E-state index in [0.717, 1.165) is 0 Å². The molecule has 0 unspecified atom stereocenters. The first-order chi connectivity index (χ1) is 13.8. The van der Waals surface area contributed by atoms with Gasteiger partial charge in [0.05, 0.1) is 12.3 Å². The summed E-state index contributed by atoms with van der Waals surface area (Å²) in [6, 6.07) is 5.64. The van der Waals surface area contributed by atoms with Crippen molar-refractivity contribution in [2.45, 2.75) is 50.5 Å². The first kappa shape index (κ1) is 19.4. The van der Waals surface area contributed by atoms with Crippen LogP contribution in [0.2, 0.25) is 0 Å². The summed E-state index contributed by atoms with van der Waals surface area (Å²) in [7, 11) is 0. The number of nitrogens with two attached hydrogens (primary N) is 1. The second-order valence-electron chi connectivity index (χ2n) is 7.23. The number of hydrogen-bond donors (Lipinski definition) is 1. The zero-order valence-corrected chi connectivity index (χ0v) is 16.2. The molecule has 4 atom stereocenters. The number of aromatic nitrogens is 3. The Bertz CT molecular complexity index is 985. The maximum Gasteiger partial charge on any atom is 0.508 e. The average Bonchev–Trinajstić information content (AvgIpc) is 3.31. The van der Waals surface area contributed by atoms with Crippen LogP contribution in [0.4, 0.5) is 10.6 Å². The molecule has 0 aromatic carbocycles. The third-order valence-electron chi connectivity index (χ3n) is 4.88. The van der Waals surface area contributed by atoms with Crippen molar-refractivity contribution in [3.05, 3.63) is 24.2 Å². The van der Waals surface area contributed by atoms with Crippen LogP contribution in [0.15, 0.2) is 18.5 Å². The van der Waals surface area contributed by atoms with Gasteiger partial charge in [-0.2, -0.15) is 10.4 Å². The zero-order chi connectivity index (χ0) is 20.8. The molecule has 2 fully saturated rings. The van der Waals surface area contributed by atoms with E-state index in [1.54, 1.807) is 37.4 Å². The average molecular weight is 403 g/mol. The smallest absolute Gasteiger partial charge is 0.435 e. The van der Waals surface area contributed by atoms with Gasteiger partial charge < -0.3 is 29.4 Å². The molecule has 11 nitrogen and oxygen atoms in total. The van der Waals surface area contributed by atoms with Gasteiger partial charge >= 0.3 is 6.16 Å². The molecule has 2 aromatic rings. The number of nitriles is 1. The molecule has 2 saturated heterocycles. The zero-order valence-electron chi connectivity index (χ0n) is 16.2. The van der Waals surface area contributed by atoms with E-state index in [9.17, 15) is 10.1 Å². The molecule has 0 radical (unpaired) electrons. The van der Waals surface area contributed by atoms with Gasteiger partial charge in [0.15, 0.2) is 11.6 Å². The summed E-state index contributed by atoms with van der Waals surface area (Å²) >= 11 is 0. The van der Waals surface area contributed by atoms with Crippen LogP contribution in [-0.4, -0.2) is 57.6 Å². The maximum atomic E-state index is 11.7. The summed E-state index contributed by atoms with van der Waals surface area (Å²) in [6.07, 6.45) is -1.71. The molecule has 11 heteroatoms. The molecule has 0 bridgehead atoms. The maximum absolute atomic E-state index is 11.7. The van der Waals surface area contributed by atoms with E-state index in [1.807, 2.05) is 0 Å². The Morgan fingerprint density at radius 1 is 1.34 bits per heavy atom. The van der Waals surface area contributed by atoms with Gasteiger partial charge in [-0.3, -0.25) is 0 Å². The van der Waals surface area contributed by atoms with Gasteiger partial charge in [-0.15, -0.1) is 0 Å². The Labute approximate surface area is 166 Å². The molecule has 0 aliphatic carbocycles. The van der Waals surface area contributed by atoms with E-state index in [2.05, 4.69) is 16.2 Å². The van der Waals surface area contributed by atoms with Crippen molar-refractivity contribution in [1.29, 1.82) is 5.26 Å². The largest absolute Gasteiger partial charge is 0.508 e. The van der Waals surface area contributed by atoms with Crippen LogP contribution in [0.3, 0.4) is 0 Å². The molecule has 2 aromatic heterocycles. The van der Waals surface area contributed by atoms with Crippen molar-refractivity contribution < 1.29 is 28.5 Å². The third-order valence-corrected chi connectivity index (χ3v) is 4.88. The monoisotopic (exact) mass is 403 g/mol. The summed E-state index contributed by atoms with van der Waals surface area (Å²) in [5, 5.41) is 14.2. The molecular weight excluding hydrogens is 382 g/mol. The summed E-state index contributed by atoms with van der Waals surface area (Å²) < 4.78 is 29.6. The lowest BCUT2D eigenvalue weighted by molar-refractivity contribution is -0.205. The number of ether oxygens (including phenoxy) is 5. The number of fused-ring (bicyclic) bond motifs is 2. The van der Waals surface area contributed by atoms with Crippen LogP contribution in [0, 0.1) is 11.3 Å². The van der Waals surface area contributed by atoms with Gasteiger partial charge in [-0.25, -0.2) is 14.3 Å². The third kappa shape index (κ3) is 3.15. The second-order valence-corrected chi connectivity index (χ2v) is 7.23. The van der Waals surface area contributed by atoms with Crippen LogP contribution in [-0.2, 0) is 23.7 Å². The van der Waals surface area contributed by atoms with E-state index in [4.69, 9.17) is 29.4 Å². The summed E-state index contributed by atoms with van der Waals surface area (Å²) in [5.41, 5.74) is 5.54. The molecule has 2 N–H and O–H groups in total. The topological polar surface area (TPSA) is 143 Å². The van der Waals surface area contributed by atoms with Gasteiger partial charge in [0.2, 0.25) is 5.60 Å². The molecule has 4 rings (SSSR count). The normalized spacial score (nSPS) is 30.1. The molecule has 154 valence electrons. The summed E-state index contributed by atoms with van der Waals surface area (Å²) in [6.45, 7) is 4.92. The SMILES string of the molecule is CCOC(=O)OC[C@@]1(C#N)O[C@@H](c2ccc3c(N)ncnn23)[C@@H]2OC(C)(C)O[C@@H]21. The molecule has 0 spiro atoms. The van der Waals surface area contributed by atoms with Crippen LogP contribution >= 0.6 is 0 Å². The van der Waals surface area contributed by atoms with Crippen molar-refractivity contribution >= 4 is 17.5 Å². The van der Waals surface area contributed by atoms with Crippen molar-refractivity contribution in [3.8, 4) is 6.07 Å². The molecule has 2 aliphatic rings. The number of carbonyl (C=O) groups is 1. The van der Waals surface area contributed by atoms with Crippen molar-refractivity contribution in [2.24, 2.45) is 0 Å². The molecule has 29 heavy (non-hydrogen) atoms. The second kappa shape index (κ2) is 6.84. The van der Waals surface area contributed by atoms with E-state index in [0.29, 0.717) is 17.0 Å². The minimum Gasteiger partial charge on any atom is -0.435 e. The van der Waals surface area contributed by atoms with Crippen molar-refractivity contribution in [1.82, 2.24) is 14.6 Å². The minimum absolute atomic E-state index is 0.151. The molecule has 2 aliphatic heterocycles. The highest BCUT2D eigenvalue weighted by atomic mass is 16.8. The van der Waals surface area contributed by atoms with Gasteiger partial charge in [0, 0.05) is 0 Å². The van der Waals surface area contributed by atoms with Crippen LogP contribution < -0.4 is 5.73 Å². The predicted octanol–water partition coefficient (Wildman–Crippen LogP) is 1.34. The fourth-order valence-corrected chi connectivity index (χ4v) is 3.71. The van der Waals surface area contributed by atoms with E-state index in [-0.39, 0.29) is 13.2 Å². The van der Waals surface area contributed by atoms with Gasteiger partial charge in [0.1, 0.15) is 42.8 Å². The highest BCUT2D eigenvalue weighted by molar-refractivity contribution is 5.65. The Morgan fingerprint density at radius 3 is 2.86 bits per heavy atom. The first-order valence-corrected chi connectivity index (χ1v) is 9.12. The van der Waals surface area contributed by atoms with Crippen LogP contribution in [0.5, 0.6) is 0 Å². The fraction of sp³-hybridized carbons (Fsp3) is 0.556. The number of anilines is 1. The van der Waals surface area contributed by atoms with Crippen LogP contribution in [0.25, 0.3) is 5.52 Å². The number of carbonyl (C=O) groups excluding carboxylic acids is 1. The Morgan fingerprint density at radius 2 is 2.14 bits per heavy atom. The Balaban J connectivity index is 1.71.